The van der Waals surface area contributed by atoms with Crippen LogP contribution in [0.15, 0.2) is 4.99 Å². The summed E-state index contributed by atoms with van der Waals surface area (Å²) in [7, 11) is 1.79. The summed E-state index contributed by atoms with van der Waals surface area (Å²) >= 11 is 0. The summed E-state index contributed by atoms with van der Waals surface area (Å²) in [5.41, 5.74) is 0. The van der Waals surface area contributed by atoms with Crippen molar-refractivity contribution in [2.24, 2.45) is 10.9 Å². The van der Waals surface area contributed by atoms with Crippen molar-refractivity contribution in [3.8, 4) is 0 Å². The molecular weight excluding hydrogens is 308 g/mol. The van der Waals surface area contributed by atoms with Crippen LogP contribution in [-0.2, 0) is 29.0 Å². The molecule has 0 amide bonds. The van der Waals surface area contributed by atoms with E-state index in [1.807, 2.05) is 6.92 Å². The molecular formula is C16H26N6O2. The van der Waals surface area contributed by atoms with Crippen LogP contribution in [0.2, 0.25) is 0 Å². The Balaban J connectivity index is 1.51. The number of likely N-dealkylation sites (tertiary alicyclic amines) is 1. The van der Waals surface area contributed by atoms with Crippen LogP contribution in [0.25, 0.3) is 0 Å². The topological polar surface area (TPSA) is 84.6 Å². The Hall–Kier alpha value is -2.12. The molecule has 1 N–H and O–H groups in total. The zero-order valence-electron chi connectivity index (χ0n) is 14.5. The fourth-order valence-corrected chi connectivity index (χ4v) is 3.42. The molecule has 0 bridgehead atoms. The second-order valence-corrected chi connectivity index (χ2v) is 6.20. The lowest BCUT2D eigenvalue weighted by atomic mass is 9.97. The number of ether oxygens (including phenoxy) is 1. The molecule has 0 aromatic carbocycles. The van der Waals surface area contributed by atoms with Crippen molar-refractivity contribution in [2.75, 3.05) is 26.7 Å². The Kier molecular flexibility index (Phi) is 5.32. The zero-order valence-corrected chi connectivity index (χ0v) is 14.5. The molecule has 8 heteroatoms. The Morgan fingerprint density at radius 2 is 2.12 bits per heavy atom. The van der Waals surface area contributed by atoms with Crippen LogP contribution in [0.5, 0.6) is 0 Å². The van der Waals surface area contributed by atoms with E-state index in [2.05, 4.69) is 30.0 Å². The van der Waals surface area contributed by atoms with Crippen molar-refractivity contribution in [2.45, 2.75) is 45.7 Å². The first-order chi connectivity index (χ1) is 11.7. The van der Waals surface area contributed by atoms with Crippen LogP contribution < -0.4 is 5.32 Å². The highest BCUT2D eigenvalue weighted by atomic mass is 16.5. The molecule has 2 aliphatic heterocycles. The van der Waals surface area contributed by atoms with Gasteiger partial charge in [0.2, 0.25) is 0 Å². The third-order valence-corrected chi connectivity index (χ3v) is 4.72. The molecule has 1 aromatic rings. The van der Waals surface area contributed by atoms with Gasteiger partial charge in [-0.15, -0.1) is 10.2 Å². The Morgan fingerprint density at radius 1 is 1.33 bits per heavy atom. The fraction of sp³-hybridized carbons (Fsp3) is 0.750. The first-order valence-electron chi connectivity index (χ1n) is 8.76. The number of hydrogen-bond acceptors (Lipinski definition) is 5. The second-order valence-electron chi connectivity index (χ2n) is 6.20. The van der Waals surface area contributed by atoms with E-state index in [4.69, 9.17) is 4.74 Å². The maximum atomic E-state index is 11.8. The molecule has 0 spiro atoms. The van der Waals surface area contributed by atoms with Gasteiger partial charge in [0.05, 0.1) is 19.1 Å². The van der Waals surface area contributed by atoms with E-state index in [1.54, 1.807) is 7.05 Å². The van der Waals surface area contributed by atoms with Gasteiger partial charge in [-0.05, 0) is 26.2 Å². The summed E-state index contributed by atoms with van der Waals surface area (Å²) < 4.78 is 7.31. The van der Waals surface area contributed by atoms with Crippen molar-refractivity contribution in [3.05, 3.63) is 11.6 Å². The highest BCUT2D eigenvalue weighted by Gasteiger charge is 2.27. The summed E-state index contributed by atoms with van der Waals surface area (Å²) in [4.78, 5) is 18.4. The number of nitrogens with one attached hydrogen (secondary N) is 1. The molecule has 0 unspecified atom stereocenters. The molecule has 0 aliphatic carbocycles. The van der Waals surface area contributed by atoms with Gasteiger partial charge >= 0.3 is 5.97 Å². The second kappa shape index (κ2) is 7.63. The number of aryl methyl sites for hydroxylation is 1. The molecule has 132 valence electrons. The molecule has 0 saturated carbocycles. The van der Waals surface area contributed by atoms with Crippen LogP contribution in [-0.4, -0.2) is 58.3 Å². The van der Waals surface area contributed by atoms with E-state index in [9.17, 15) is 4.79 Å². The van der Waals surface area contributed by atoms with Crippen molar-refractivity contribution in [3.63, 3.8) is 0 Å². The van der Waals surface area contributed by atoms with Crippen LogP contribution >= 0.6 is 0 Å². The SMILES string of the molecule is CCOC(=O)C1CCN(C(=NC)NCc2nnc3n2CCC3)CC1. The van der Waals surface area contributed by atoms with Crippen molar-refractivity contribution >= 4 is 11.9 Å². The predicted molar refractivity (Wildman–Crippen MR) is 89.5 cm³/mol. The highest BCUT2D eigenvalue weighted by Crippen LogP contribution is 2.19. The fourth-order valence-electron chi connectivity index (χ4n) is 3.42. The van der Waals surface area contributed by atoms with Gasteiger partial charge < -0.3 is 19.5 Å². The number of hydrogen-bond donors (Lipinski definition) is 1. The summed E-state index contributed by atoms with van der Waals surface area (Å²) in [5.74, 6) is 2.84. The molecule has 24 heavy (non-hydrogen) atoms. The first kappa shape index (κ1) is 16.7. The Morgan fingerprint density at radius 3 is 2.83 bits per heavy atom. The summed E-state index contributed by atoms with van der Waals surface area (Å²) in [6, 6.07) is 0. The number of aliphatic imine (C=N–C) groups is 1. The number of rotatable bonds is 4. The van der Waals surface area contributed by atoms with Crippen LogP contribution in [0.3, 0.4) is 0 Å². The third kappa shape index (κ3) is 3.52. The van der Waals surface area contributed by atoms with Crippen LogP contribution in [0, 0.1) is 5.92 Å². The van der Waals surface area contributed by atoms with Gasteiger partial charge in [-0.2, -0.15) is 0 Å². The predicted octanol–water partition coefficient (Wildman–Crippen LogP) is 0.575. The molecule has 1 saturated heterocycles. The monoisotopic (exact) mass is 334 g/mol. The van der Waals surface area contributed by atoms with E-state index >= 15 is 0 Å². The summed E-state index contributed by atoms with van der Waals surface area (Å²) in [5, 5.41) is 11.9. The maximum Gasteiger partial charge on any atom is 0.309 e. The van der Waals surface area contributed by atoms with Crippen LogP contribution in [0.4, 0.5) is 0 Å². The van der Waals surface area contributed by atoms with Gasteiger partial charge in [0.1, 0.15) is 5.82 Å². The zero-order chi connectivity index (χ0) is 16.9. The third-order valence-electron chi connectivity index (χ3n) is 4.72. The average Bonchev–Trinajstić information content (AvgIpc) is 3.20. The van der Waals surface area contributed by atoms with Gasteiger partial charge in [-0.25, -0.2) is 0 Å². The molecule has 0 radical (unpaired) electrons. The molecule has 2 aliphatic rings. The number of guanidine groups is 1. The Labute approximate surface area is 142 Å². The number of carbonyl (C=O) groups excluding carboxylic acids is 1. The smallest absolute Gasteiger partial charge is 0.309 e. The number of nitrogens with zero attached hydrogens (tertiary/aromatic N) is 5. The Bertz CT molecular complexity index is 604. The molecule has 0 atom stereocenters. The van der Waals surface area contributed by atoms with E-state index < -0.39 is 0 Å². The van der Waals surface area contributed by atoms with Gasteiger partial charge in [0.15, 0.2) is 11.8 Å². The molecule has 8 nitrogen and oxygen atoms in total. The van der Waals surface area contributed by atoms with Gasteiger partial charge in [0, 0.05) is 33.1 Å². The van der Waals surface area contributed by atoms with E-state index in [1.165, 1.54) is 0 Å². The van der Waals surface area contributed by atoms with Gasteiger partial charge in [0.25, 0.3) is 0 Å². The minimum absolute atomic E-state index is 0.0130. The minimum atomic E-state index is -0.0703. The molecule has 3 rings (SSSR count). The van der Waals surface area contributed by atoms with Crippen molar-refractivity contribution in [1.29, 1.82) is 0 Å². The van der Waals surface area contributed by atoms with Crippen LogP contribution in [0.1, 0.15) is 37.8 Å². The lowest BCUT2D eigenvalue weighted by Gasteiger charge is -2.33. The number of aromatic nitrogens is 3. The number of carbonyl (C=O) groups is 1. The van der Waals surface area contributed by atoms with Gasteiger partial charge in [-0.1, -0.05) is 0 Å². The largest absolute Gasteiger partial charge is 0.466 e. The van der Waals surface area contributed by atoms with E-state index in [0.717, 1.165) is 62.9 Å². The summed E-state index contributed by atoms with van der Waals surface area (Å²) in [6.45, 7) is 5.54. The normalized spacial score (nSPS) is 18.6. The van der Waals surface area contributed by atoms with E-state index in [-0.39, 0.29) is 11.9 Å². The lowest BCUT2D eigenvalue weighted by molar-refractivity contribution is -0.149. The average molecular weight is 334 g/mol. The van der Waals surface area contributed by atoms with Crippen molar-refractivity contribution < 1.29 is 9.53 Å². The minimum Gasteiger partial charge on any atom is -0.466 e. The number of esters is 1. The summed E-state index contributed by atoms with van der Waals surface area (Å²) in [6.07, 6.45) is 3.77. The molecule has 1 aromatic heterocycles. The maximum absolute atomic E-state index is 11.8. The number of piperidine rings is 1. The molecule has 1 fully saturated rings. The van der Waals surface area contributed by atoms with Gasteiger partial charge in [-0.3, -0.25) is 9.79 Å². The number of fused-ring (bicyclic) bond motifs is 1. The van der Waals surface area contributed by atoms with E-state index in [0.29, 0.717) is 13.2 Å². The molecule has 3 heterocycles. The standard InChI is InChI=1S/C16H26N6O2/c1-3-24-15(23)12-6-9-21(10-7-12)16(17-2)18-11-14-20-19-13-5-4-8-22(13)14/h12H,3-11H2,1-2H3,(H,17,18). The quantitative estimate of drug-likeness (QED) is 0.492. The lowest BCUT2D eigenvalue weighted by Crippen LogP contribution is -2.46. The first-order valence-corrected chi connectivity index (χ1v) is 8.76. The van der Waals surface area contributed by atoms with Crippen molar-refractivity contribution in [1.82, 2.24) is 25.0 Å². The highest BCUT2D eigenvalue weighted by molar-refractivity contribution is 5.80.